The van der Waals surface area contributed by atoms with Gasteiger partial charge in [0.15, 0.2) is 11.6 Å². The molecule has 108 valence electrons. The molecule has 0 bridgehead atoms. The SMILES string of the molecule is Cc1cc(C)c(C(=O)Nc2cc(CC(C)(C)C)[nH]n2)o1. The molecule has 0 spiro atoms. The van der Waals surface area contributed by atoms with Crippen molar-refractivity contribution in [3.8, 4) is 0 Å². The third-order valence-corrected chi connectivity index (χ3v) is 2.84. The molecule has 5 nitrogen and oxygen atoms in total. The van der Waals surface area contributed by atoms with Gasteiger partial charge in [-0.15, -0.1) is 0 Å². The molecular formula is C15H21N3O2. The second kappa shape index (κ2) is 5.15. The number of carbonyl (C=O) groups is 1. The highest BCUT2D eigenvalue weighted by Crippen LogP contribution is 2.21. The quantitative estimate of drug-likeness (QED) is 0.901. The normalized spacial score (nSPS) is 11.7. The molecule has 0 radical (unpaired) electrons. The molecule has 2 aromatic heterocycles. The molecule has 0 unspecified atom stereocenters. The van der Waals surface area contributed by atoms with E-state index in [4.69, 9.17) is 4.42 Å². The zero-order valence-corrected chi connectivity index (χ0v) is 12.6. The van der Waals surface area contributed by atoms with Gasteiger partial charge in [0.1, 0.15) is 5.76 Å². The number of aryl methyl sites for hydroxylation is 2. The van der Waals surface area contributed by atoms with E-state index >= 15 is 0 Å². The first-order chi connectivity index (χ1) is 9.24. The van der Waals surface area contributed by atoms with Crippen LogP contribution in [0.5, 0.6) is 0 Å². The van der Waals surface area contributed by atoms with Gasteiger partial charge in [0, 0.05) is 17.3 Å². The summed E-state index contributed by atoms with van der Waals surface area (Å²) in [6.07, 6.45) is 0.870. The number of hydrogen-bond acceptors (Lipinski definition) is 3. The smallest absolute Gasteiger partial charge is 0.292 e. The van der Waals surface area contributed by atoms with Crippen LogP contribution in [0.2, 0.25) is 0 Å². The number of nitrogens with one attached hydrogen (secondary N) is 2. The summed E-state index contributed by atoms with van der Waals surface area (Å²) in [7, 11) is 0. The number of H-pyrrole nitrogens is 1. The van der Waals surface area contributed by atoms with Gasteiger partial charge in [0.05, 0.1) is 0 Å². The van der Waals surface area contributed by atoms with E-state index in [0.717, 1.165) is 23.4 Å². The number of furan rings is 1. The zero-order valence-electron chi connectivity index (χ0n) is 12.6. The number of hydrogen-bond donors (Lipinski definition) is 2. The second-order valence-electron chi connectivity index (χ2n) is 6.34. The van der Waals surface area contributed by atoms with E-state index in [0.29, 0.717) is 11.6 Å². The van der Waals surface area contributed by atoms with E-state index in [2.05, 4.69) is 36.3 Å². The van der Waals surface area contributed by atoms with Gasteiger partial charge in [-0.1, -0.05) is 20.8 Å². The van der Waals surface area contributed by atoms with Crippen molar-refractivity contribution in [2.24, 2.45) is 5.41 Å². The third-order valence-electron chi connectivity index (χ3n) is 2.84. The molecule has 2 heterocycles. The largest absolute Gasteiger partial charge is 0.456 e. The maximum absolute atomic E-state index is 12.1. The van der Waals surface area contributed by atoms with Crippen LogP contribution >= 0.6 is 0 Å². The molecule has 2 rings (SSSR count). The Balaban J connectivity index is 2.07. The van der Waals surface area contributed by atoms with E-state index in [-0.39, 0.29) is 11.3 Å². The van der Waals surface area contributed by atoms with E-state index in [1.54, 1.807) is 0 Å². The highest BCUT2D eigenvalue weighted by Gasteiger charge is 2.17. The van der Waals surface area contributed by atoms with Crippen molar-refractivity contribution < 1.29 is 9.21 Å². The van der Waals surface area contributed by atoms with Gasteiger partial charge in [0.25, 0.3) is 5.91 Å². The number of aromatic nitrogens is 2. The number of aromatic amines is 1. The van der Waals surface area contributed by atoms with E-state index in [1.807, 2.05) is 26.0 Å². The number of carbonyl (C=O) groups excluding carboxylic acids is 1. The number of amides is 1. The lowest BCUT2D eigenvalue weighted by Gasteiger charge is -2.15. The van der Waals surface area contributed by atoms with Crippen molar-refractivity contribution in [1.29, 1.82) is 0 Å². The van der Waals surface area contributed by atoms with E-state index in [9.17, 15) is 4.79 Å². The van der Waals surface area contributed by atoms with Crippen LogP contribution in [-0.4, -0.2) is 16.1 Å². The van der Waals surface area contributed by atoms with Crippen molar-refractivity contribution >= 4 is 11.7 Å². The highest BCUT2D eigenvalue weighted by molar-refractivity contribution is 6.02. The van der Waals surface area contributed by atoms with Crippen LogP contribution in [0.15, 0.2) is 16.5 Å². The Bertz CT molecular complexity index is 617. The molecule has 5 heteroatoms. The standard InChI is InChI=1S/C15H21N3O2/c1-9-6-10(2)20-13(9)14(19)16-12-7-11(17-18-12)8-15(3,4)5/h6-7H,8H2,1-5H3,(H2,16,17,18,19). The number of rotatable bonds is 3. The first-order valence-corrected chi connectivity index (χ1v) is 6.67. The van der Waals surface area contributed by atoms with Crippen molar-refractivity contribution in [2.45, 2.75) is 41.0 Å². The maximum atomic E-state index is 12.1. The Kier molecular flexibility index (Phi) is 3.70. The van der Waals surface area contributed by atoms with Crippen molar-refractivity contribution in [2.75, 3.05) is 5.32 Å². The van der Waals surface area contributed by atoms with E-state index < -0.39 is 0 Å². The second-order valence-corrected chi connectivity index (χ2v) is 6.34. The molecule has 0 atom stereocenters. The van der Waals surface area contributed by atoms with Gasteiger partial charge in [-0.3, -0.25) is 9.89 Å². The Hall–Kier alpha value is -2.04. The van der Waals surface area contributed by atoms with Crippen LogP contribution in [-0.2, 0) is 6.42 Å². The Morgan fingerprint density at radius 1 is 1.35 bits per heavy atom. The lowest BCUT2D eigenvalue weighted by Crippen LogP contribution is -2.12. The topological polar surface area (TPSA) is 70.9 Å². The average Bonchev–Trinajstić information content (AvgIpc) is 2.83. The minimum Gasteiger partial charge on any atom is -0.456 e. The lowest BCUT2D eigenvalue weighted by molar-refractivity contribution is 0.0994. The van der Waals surface area contributed by atoms with Crippen LogP contribution in [0.3, 0.4) is 0 Å². The fraction of sp³-hybridized carbons (Fsp3) is 0.467. The summed E-state index contributed by atoms with van der Waals surface area (Å²) >= 11 is 0. The third kappa shape index (κ3) is 3.50. The summed E-state index contributed by atoms with van der Waals surface area (Å²) in [5, 5.41) is 9.79. The van der Waals surface area contributed by atoms with Gasteiger partial charge in [0.2, 0.25) is 0 Å². The van der Waals surface area contributed by atoms with Gasteiger partial charge in [-0.05, 0) is 31.7 Å². The molecule has 0 aliphatic heterocycles. The van der Waals surface area contributed by atoms with Crippen molar-refractivity contribution in [3.63, 3.8) is 0 Å². The molecule has 0 aliphatic carbocycles. The minimum atomic E-state index is -0.274. The molecule has 0 aliphatic rings. The Labute approximate surface area is 118 Å². The van der Waals surface area contributed by atoms with E-state index in [1.165, 1.54) is 0 Å². The van der Waals surface area contributed by atoms with Crippen LogP contribution in [0.25, 0.3) is 0 Å². The van der Waals surface area contributed by atoms with Crippen LogP contribution < -0.4 is 5.32 Å². The molecule has 20 heavy (non-hydrogen) atoms. The Morgan fingerprint density at radius 3 is 2.60 bits per heavy atom. The minimum absolute atomic E-state index is 0.169. The van der Waals surface area contributed by atoms with Crippen LogP contribution in [0.4, 0.5) is 5.82 Å². The number of anilines is 1. The summed E-state index contributed by atoms with van der Waals surface area (Å²) in [4.78, 5) is 12.1. The fourth-order valence-corrected chi connectivity index (χ4v) is 2.13. The molecule has 2 aromatic rings. The van der Waals surface area contributed by atoms with Gasteiger partial charge in [-0.25, -0.2) is 0 Å². The summed E-state index contributed by atoms with van der Waals surface area (Å²) in [6, 6.07) is 3.69. The average molecular weight is 275 g/mol. The molecule has 0 saturated heterocycles. The van der Waals surface area contributed by atoms with Crippen molar-refractivity contribution in [1.82, 2.24) is 10.2 Å². The molecule has 0 fully saturated rings. The first-order valence-electron chi connectivity index (χ1n) is 6.67. The summed E-state index contributed by atoms with van der Waals surface area (Å²) in [6.45, 7) is 10.1. The highest BCUT2D eigenvalue weighted by atomic mass is 16.3. The first kappa shape index (κ1) is 14.4. The predicted octanol–water partition coefficient (Wildman–Crippen LogP) is 3.46. The van der Waals surface area contributed by atoms with Crippen LogP contribution in [0, 0.1) is 19.3 Å². The zero-order chi connectivity index (χ0) is 14.9. The molecule has 0 aromatic carbocycles. The molecule has 0 saturated carbocycles. The maximum Gasteiger partial charge on any atom is 0.292 e. The lowest BCUT2D eigenvalue weighted by atomic mass is 9.91. The summed E-state index contributed by atoms with van der Waals surface area (Å²) < 4.78 is 5.39. The number of nitrogens with zero attached hydrogens (tertiary/aromatic N) is 1. The van der Waals surface area contributed by atoms with Gasteiger partial charge in [-0.2, -0.15) is 5.10 Å². The Morgan fingerprint density at radius 2 is 2.05 bits per heavy atom. The summed E-state index contributed by atoms with van der Waals surface area (Å²) in [5.74, 6) is 1.30. The molecule has 2 N–H and O–H groups in total. The fourth-order valence-electron chi connectivity index (χ4n) is 2.13. The van der Waals surface area contributed by atoms with Gasteiger partial charge < -0.3 is 9.73 Å². The van der Waals surface area contributed by atoms with Crippen LogP contribution in [0.1, 0.15) is 48.3 Å². The predicted molar refractivity (Wildman–Crippen MR) is 77.9 cm³/mol. The van der Waals surface area contributed by atoms with Crippen molar-refractivity contribution in [3.05, 3.63) is 34.9 Å². The molecular weight excluding hydrogens is 254 g/mol. The summed E-state index contributed by atoms with van der Waals surface area (Å²) in [5.41, 5.74) is 1.99. The van der Waals surface area contributed by atoms with Gasteiger partial charge >= 0.3 is 0 Å². The molecule has 1 amide bonds. The monoisotopic (exact) mass is 275 g/mol.